The predicted octanol–water partition coefficient (Wildman–Crippen LogP) is 2.11. The summed E-state index contributed by atoms with van der Waals surface area (Å²) in [5.74, 6) is 1.47. The molecule has 2 aliphatic rings. The molecule has 1 aromatic rings. The summed E-state index contributed by atoms with van der Waals surface area (Å²) in [6.45, 7) is 8.04. The lowest BCUT2D eigenvalue weighted by Crippen LogP contribution is -2.49. The van der Waals surface area contributed by atoms with Crippen molar-refractivity contribution in [1.29, 1.82) is 0 Å². The molecule has 0 saturated carbocycles. The summed E-state index contributed by atoms with van der Waals surface area (Å²) in [7, 11) is 0. The Labute approximate surface area is 119 Å². The van der Waals surface area contributed by atoms with Gasteiger partial charge in [-0.15, -0.1) is 0 Å². The second kappa shape index (κ2) is 4.68. The standard InChI is InChI=1S/C14H22N4O2/c1-14(2,3)20-13(19)17-7-5-11-10(9-17)8-15-12-4-6-16-18(11)12/h4,6,10-11,15H,5,7-9H2,1-3H3. The zero-order valence-corrected chi connectivity index (χ0v) is 12.3. The second-order valence-electron chi connectivity index (χ2n) is 6.58. The average molecular weight is 278 g/mol. The number of nitrogens with one attached hydrogen (secondary N) is 1. The van der Waals surface area contributed by atoms with Gasteiger partial charge in [0.25, 0.3) is 0 Å². The van der Waals surface area contributed by atoms with Crippen molar-refractivity contribution >= 4 is 11.9 Å². The van der Waals surface area contributed by atoms with Gasteiger partial charge in [-0.25, -0.2) is 9.48 Å². The molecule has 20 heavy (non-hydrogen) atoms. The first-order chi connectivity index (χ1) is 9.44. The summed E-state index contributed by atoms with van der Waals surface area (Å²) in [5, 5.41) is 7.76. The molecule has 0 spiro atoms. The highest BCUT2D eigenvalue weighted by Crippen LogP contribution is 2.34. The molecule has 1 fully saturated rings. The summed E-state index contributed by atoms with van der Waals surface area (Å²) >= 11 is 0. The number of carbonyl (C=O) groups is 1. The Bertz CT molecular complexity index is 506. The first kappa shape index (κ1) is 13.3. The Kier molecular flexibility index (Phi) is 3.11. The zero-order valence-electron chi connectivity index (χ0n) is 12.3. The number of likely N-dealkylation sites (tertiary alicyclic amines) is 1. The Balaban J connectivity index is 1.67. The third-order valence-electron chi connectivity index (χ3n) is 3.88. The van der Waals surface area contributed by atoms with E-state index in [2.05, 4.69) is 15.1 Å². The quantitative estimate of drug-likeness (QED) is 0.789. The maximum absolute atomic E-state index is 12.1. The molecular weight excluding hydrogens is 256 g/mol. The van der Waals surface area contributed by atoms with Crippen LogP contribution in [-0.4, -0.2) is 46.0 Å². The number of aromatic nitrogens is 2. The predicted molar refractivity (Wildman–Crippen MR) is 75.7 cm³/mol. The van der Waals surface area contributed by atoms with E-state index < -0.39 is 5.60 Å². The number of amides is 1. The highest BCUT2D eigenvalue weighted by atomic mass is 16.6. The minimum absolute atomic E-state index is 0.206. The van der Waals surface area contributed by atoms with Crippen LogP contribution < -0.4 is 5.32 Å². The lowest BCUT2D eigenvalue weighted by atomic mass is 9.91. The summed E-state index contributed by atoms with van der Waals surface area (Å²) < 4.78 is 7.51. The number of nitrogens with zero attached hydrogens (tertiary/aromatic N) is 3. The SMILES string of the molecule is CC(C)(C)OC(=O)N1CCC2C(CNc3ccnn32)C1. The van der Waals surface area contributed by atoms with Crippen LogP contribution in [-0.2, 0) is 4.74 Å². The van der Waals surface area contributed by atoms with E-state index in [0.29, 0.717) is 12.0 Å². The molecule has 0 aliphatic carbocycles. The van der Waals surface area contributed by atoms with E-state index in [0.717, 1.165) is 31.9 Å². The molecule has 0 aromatic carbocycles. The molecule has 1 N–H and O–H groups in total. The maximum Gasteiger partial charge on any atom is 0.410 e. The van der Waals surface area contributed by atoms with E-state index >= 15 is 0 Å². The molecule has 6 nitrogen and oxygen atoms in total. The molecule has 0 bridgehead atoms. The van der Waals surface area contributed by atoms with E-state index in [-0.39, 0.29) is 6.09 Å². The molecule has 6 heteroatoms. The number of anilines is 1. The molecular formula is C14H22N4O2. The van der Waals surface area contributed by atoms with Gasteiger partial charge in [0.15, 0.2) is 0 Å². The van der Waals surface area contributed by atoms with Crippen LogP contribution in [0.5, 0.6) is 0 Å². The van der Waals surface area contributed by atoms with Crippen LogP contribution in [0, 0.1) is 5.92 Å². The molecule has 3 rings (SSSR count). The largest absolute Gasteiger partial charge is 0.444 e. The maximum atomic E-state index is 12.1. The van der Waals surface area contributed by atoms with Crippen LogP contribution in [0.15, 0.2) is 12.3 Å². The number of rotatable bonds is 0. The van der Waals surface area contributed by atoms with Crippen molar-refractivity contribution < 1.29 is 9.53 Å². The van der Waals surface area contributed by atoms with Gasteiger partial charge in [0, 0.05) is 31.6 Å². The van der Waals surface area contributed by atoms with Gasteiger partial charge in [0.05, 0.1) is 12.2 Å². The van der Waals surface area contributed by atoms with Gasteiger partial charge in [-0.3, -0.25) is 0 Å². The Morgan fingerprint density at radius 1 is 1.50 bits per heavy atom. The van der Waals surface area contributed by atoms with E-state index in [4.69, 9.17) is 4.74 Å². The molecule has 2 unspecified atom stereocenters. The lowest BCUT2D eigenvalue weighted by molar-refractivity contribution is 0.0107. The van der Waals surface area contributed by atoms with Gasteiger partial charge in [-0.05, 0) is 27.2 Å². The van der Waals surface area contributed by atoms with E-state index in [9.17, 15) is 4.79 Å². The highest BCUT2D eigenvalue weighted by Gasteiger charge is 2.37. The fourth-order valence-corrected chi connectivity index (χ4v) is 2.99. The summed E-state index contributed by atoms with van der Waals surface area (Å²) in [6, 6.07) is 2.39. The van der Waals surface area contributed by atoms with Crippen LogP contribution in [0.2, 0.25) is 0 Å². The topological polar surface area (TPSA) is 59.4 Å². The van der Waals surface area contributed by atoms with Crippen LogP contribution in [0.4, 0.5) is 10.6 Å². The van der Waals surface area contributed by atoms with Crippen LogP contribution in [0.1, 0.15) is 33.2 Å². The molecule has 3 heterocycles. The number of piperidine rings is 1. The third kappa shape index (κ3) is 2.46. The molecule has 2 atom stereocenters. The van der Waals surface area contributed by atoms with E-state index in [1.54, 1.807) is 0 Å². The molecule has 1 saturated heterocycles. The summed E-state index contributed by atoms with van der Waals surface area (Å²) in [4.78, 5) is 14.0. The first-order valence-electron chi connectivity index (χ1n) is 7.19. The minimum atomic E-state index is -0.437. The number of carbonyl (C=O) groups excluding carboxylic acids is 1. The van der Waals surface area contributed by atoms with E-state index in [1.165, 1.54) is 0 Å². The van der Waals surface area contributed by atoms with Gasteiger partial charge in [0.2, 0.25) is 0 Å². The zero-order chi connectivity index (χ0) is 14.3. The molecule has 2 aliphatic heterocycles. The summed E-state index contributed by atoms with van der Waals surface area (Å²) in [6.07, 6.45) is 2.55. The summed E-state index contributed by atoms with van der Waals surface area (Å²) in [5.41, 5.74) is -0.437. The number of hydrogen-bond donors (Lipinski definition) is 1. The van der Waals surface area contributed by atoms with Gasteiger partial charge in [0.1, 0.15) is 11.4 Å². The molecule has 110 valence electrons. The van der Waals surface area contributed by atoms with Crippen molar-refractivity contribution in [1.82, 2.24) is 14.7 Å². The van der Waals surface area contributed by atoms with Gasteiger partial charge in [-0.1, -0.05) is 0 Å². The molecule has 1 aromatic heterocycles. The van der Waals surface area contributed by atoms with Gasteiger partial charge < -0.3 is 15.0 Å². The van der Waals surface area contributed by atoms with Gasteiger partial charge in [-0.2, -0.15) is 5.10 Å². The van der Waals surface area contributed by atoms with Crippen molar-refractivity contribution in [3.63, 3.8) is 0 Å². The van der Waals surface area contributed by atoms with Crippen molar-refractivity contribution in [2.75, 3.05) is 25.0 Å². The Morgan fingerprint density at radius 2 is 2.30 bits per heavy atom. The molecule has 1 amide bonds. The number of hydrogen-bond acceptors (Lipinski definition) is 4. The molecule has 0 radical (unpaired) electrons. The Morgan fingerprint density at radius 3 is 3.05 bits per heavy atom. The van der Waals surface area contributed by atoms with Crippen molar-refractivity contribution in [2.24, 2.45) is 5.92 Å². The average Bonchev–Trinajstić information content (AvgIpc) is 2.84. The monoisotopic (exact) mass is 278 g/mol. The lowest BCUT2D eigenvalue weighted by Gasteiger charge is -2.42. The minimum Gasteiger partial charge on any atom is -0.444 e. The highest BCUT2D eigenvalue weighted by molar-refractivity contribution is 5.68. The first-order valence-corrected chi connectivity index (χ1v) is 7.19. The van der Waals surface area contributed by atoms with Crippen molar-refractivity contribution in [3.8, 4) is 0 Å². The fourth-order valence-electron chi connectivity index (χ4n) is 2.99. The third-order valence-corrected chi connectivity index (χ3v) is 3.88. The normalized spacial score (nSPS) is 25.4. The van der Waals surface area contributed by atoms with Crippen molar-refractivity contribution in [3.05, 3.63) is 12.3 Å². The fraction of sp³-hybridized carbons (Fsp3) is 0.714. The van der Waals surface area contributed by atoms with Crippen LogP contribution >= 0.6 is 0 Å². The van der Waals surface area contributed by atoms with Gasteiger partial charge >= 0.3 is 6.09 Å². The van der Waals surface area contributed by atoms with Crippen LogP contribution in [0.3, 0.4) is 0 Å². The number of ether oxygens (including phenoxy) is 1. The Hall–Kier alpha value is -1.72. The second-order valence-corrected chi connectivity index (χ2v) is 6.58. The smallest absolute Gasteiger partial charge is 0.410 e. The number of fused-ring (bicyclic) bond motifs is 3. The van der Waals surface area contributed by atoms with Crippen molar-refractivity contribution in [2.45, 2.75) is 38.8 Å². The van der Waals surface area contributed by atoms with Crippen LogP contribution in [0.25, 0.3) is 0 Å². The van der Waals surface area contributed by atoms with E-state index in [1.807, 2.05) is 37.9 Å².